The van der Waals surface area contributed by atoms with Gasteiger partial charge in [0, 0.05) is 26.2 Å². The monoisotopic (exact) mass is 439 g/mol. The first kappa shape index (κ1) is 23.6. The second kappa shape index (κ2) is 11.0. The van der Waals surface area contributed by atoms with Crippen LogP contribution in [0.3, 0.4) is 0 Å². The lowest BCUT2D eigenvalue weighted by molar-refractivity contribution is -0.118. The molecule has 32 heavy (non-hydrogen) atoms. The number of rotatable bonds is 8. The van der Waals surface area contributed by atoms with E-state index in [0.29, 0.717) is 22.9 Å². The van der Waals surface area contributed by atoms with Crippen molar-refractivity contribution in [3.63, 3.8) is 0 Å². The van der Waals surface area contributed by atoms with Crippen LogP contribution in [0.25, 0.3) is 0 Å². The van der Waals surface area contributed by atoms with Gasteiger partial charge in [0.25, 0.3) is 5.91 Å². The van der Waals surface area contributed by atoms with Gasteiger partial charge in [-0.1, -0.05) is 32.9 Å². The summed E-state index contributed by atoms with van der Waals surface area (Å²) < 4.78 is 10.5. The molecule has 1 amide bonds. The van der Waals surface area contributed by atoms with Crippen LogP contribution < -0.4 is 15.0 Å². The standard InChI is InChI=1S/C25H33N3O4/c1-5-27-12-14-28(15-13-27)23-11-8-20(25(30)31-4)16-22(23)26-24(29)17-32-21-9-6-19(7-10-21)18(2)3/h6-11,16,18H,5,12-15,17H2,1-4H3,(H,26,29). The number of nitrogens with one attached hydrogen (secondary N) is 1. The Hall–Kier alpha value is -3.06. The van der Waals surface area contributed by atoms with Gasteiger partial charge in [0.1, 0.15) is 5.75 Å². The molecule has 1 aliphatic rings. The number of hydrogen-bond donors (Lipinski definition) is 1. The number of ether oxygens (including phenoxy) is 2. The van der Waals surface area contributed by atoms with Crippen molar-refractivity contribution in [3.8, 4) is 5.75 Å². The summed E-state index contributed by atoms with van der Waals surface area (Å²) in [6.07, 6.45) is 0. The molecule has 0 aromatic heterocycles. The summed E-state index contributed by atoms with van der Waals surface area (Å²) in [7, 11) is 1.34. The van der Waals surface area contributed by atoms with Crippen molar-refractivity contribution >= 4 is 23.3 Å². The maximum absolute atomic E-state index is 12.7. The third-order valence-electron chi connectivity index (χ3n) is 5.77. The van der Waals surface area contributed by atoms with Gasteiger partial charge in [-0.2, -0.15) is 0 Å². The van der Waals surface area contributed by atoms with E-state index in [1.807, 2.05) is 30.3 Å². The average Bonchev–Trinajstić information content (AvgIpc) is 2.82. The van der Waals surface area contributed by atoms with Gasteiger partial charge in [-0.3, -0.25) is 4.79 Å². The van der Waals surface area contributed by atoms with E-state index in [1.165, 1.54) is 12.7 Å². The zero-order valence-corrected chi connectivity index (χ0v) is 19.4. The number of carbonyl (C=O) groups excluding carboxylic acids is 2. The van der Waals surface area contributed by atoms with Crippen molar-refractivity contribution in [2.75, 3.05) is 56.7 Å². The number of methoxy groups -OCH3 is 1. The van der Waals surface area contributed by atoms with Crippen LogP contribution in [0.5, 0.6) is 5.75 Å². The number of amides is 1. The molecule has 172 valence electrons. The lowest BCUT2D eigenvalue weighted by atomic mass is 10.0. The number of hydrogen-bond acceptors (Lipinski definition) is 6. The molecule has 1 aliphatic heterocycles. The zero-order valence-electron chi connectivity index (χ0n) is 19.4. The van der Waals surface area contributed by atoms with Crippen LogP contribution >= 0.6 is 0 Å². The second-order valence-corrected chi connectivity index (χ2v) is 8.21. The van der Waals surface area contributed by atoms with E-state index >= 15 is 0 Å². The molecule has 0 unspecified atom stereocenters. The molecule has 2 aromatic rings. The highest BCUT2D eigenvalue weighted by atomic mass is 16.5. The molecule has 1 saturated heterocycles. The maximum Gasteiger partial charge on any atom is 0.337 e. The highest BCUT2D eigenvalue weighted by molar-refractivity contribution is 5.98. The third-order valence-corrected chi connectivity index (χ3v) is 5.77. The molecule has 0 spiro atoms. The summed E-state index contributed by atoms with van der Waals surface area (Å²) >= 11 is 0. The van der Waals surface area contributed by atoms with Gasteiger partial charge in [-0.05, 0) is 48.4 Å². The Morgan fingerprint density at radius 2 is 1.72 bits per heavy atom. The van der Waals surface area contributed by atoms with E-state index < -0.39 is 5.97 Å². The van der Waals surface area contributed by atoms with Crippen LogP contribution in [0.1, 0.15) is 42.6 Å². The van der Waals surface area contributed by atoms with E-state index in [9.17, 15) is 9.59 Å². The van der Waals surface area contributed by atoms with Gasteiger partial charge in [-0.25, -0.2) is 4.79 Å². The molecule has 0 radical (unpaired) electrons. The molecule has 0 aliphatic carbocycles. The van der Waals surface area contributed by atoms with E-state index in [4.69, 9.17) is 9.47 Å². The minimum atomic E-state index is -0.440. The quantitative estimate of drug-likeness (QED) is 0.632. The van der Waals surface area contributed by atoms with Crippen molar-refractivity contribution in [1.29, 1.82) is 0 Å². The Morgan fingerprint density at radius 3 is 2.31 bits per heavy atom. The van der Waals surface area contributed by atoms with E-state index in [2.05, 4.69) is 35.9 Å². The number of nitrogens with zero attached hydrogens (tertiary/aromatic N) is 2. The van der Waals surface area contributed by atoms with Gasteiger partial charge in [-0.15, -0.1) is 0 Å². The number of carbonyl (C=O) groups is 2. The highest BCUT2D eigenvalue weighted by Crippen LogP contribution is 2.29. The highest BCUT2D eigenvalue weighted by Gasteiger charge is 2.21. The molecule has 3 rings (SSSR count). The zero-order chi connectivity index (χ0) is 23.1. The molecule has 0 saturated carbocycles. The summed E-state index contributed by atoms with van der Waals surface area (Å²) in [5.41, 5.74) is 3.09. The fraction of sp³-hybridized carbons (Fsp3) is 0.440. The van der Waals surface area contributed by atoms with Crippen molar-refractivity contribution in [2.45, 2.75) is 26.7 Å². The topological polar surface area (TPSA) is 71.1 Å². The smallest absolute Gasteiger partial charge is 0.337 e. The number of benzene rings is 2. The van der Waals surface area contributed by atoms with Gasteiger partial charge in [0.05, 0.1) is 24.0 Å². The molecular formula is C25H33N3O4. The van der Waals surface area contributed by atoms with Crippen molar-refractivity contribution in [1.82, 2.24) is 4.90 Å². The van der Waals surface area contributed by atoms with Gasteiger partial charge < -0.3 is 24.6 Å². The van der Waals surface area contributed by atoms with E-state index in [-0.39, 0.29) is 12.5 Å². The van der Waals surface area contributed by atoms with Gasteiger partial charge >= 0.3 is 5.97 Å². The summed E-state index contributed by atoms with van der Waals surface area (Å²) in [6, 6.07) is 13.0. The number of piperazine rings is 1. The molecule has 7 nitrogen and oxygen atoms in total. The largest absolute Gasteiger partial charge is 0.484 e. The van der Waals surface area contributed by atoms with Crippen LogP contribution in [0.15, 0.2) is 42.5 Å². The van der Waals surface area contributed by atoms with E-state index in [1.54, 1.807) is 12.1 Å². The average molecular weight is 440 g/mol. The Labute approximate surface area is 190 Å². The molecule has 1 fully saturated rings. The van der Waals surface area contributed by atoms with Gasteiger partial charge in [0.15, 0.2) is 6.61 Å². The second-order valence-electron chi connectivity index (χ2n) is 8.21. The Balaban J connectivity index is 1.70. The molecule has 7 heteroatoms. The number of likely N-dealkylation sites (N-methyl/N-ethyl adjacent to an activating group) is 1. The van der Waals surface area contributed by atoms with Gasteiger partial charge in [0.2, 0.25) is 0 Å². The normalized spacial score (nSPS) is 14.3. The van der Waals surface area contributed by atoms with Crippen LogP contribution in [0.2, 0.25) is 0 Å². The molecule has 0 bridgehead atoms. The predicted octanol–water partition coefficient (Wildman–Crippen LogP) is 3.76. The maximum atomic E-state index is 12.7. The van der Waals surface area contributed by atoms with Crippen molar-refractivity contribution in [2.24, 2.45) is 0 Å². The summed E-state index contributed by atoms with van der Waals surface area (Å²) in [5, 5.41) is 2.93. The SMILES string of the molecule is CCN1CCN(c2ccc(C(=O)OC)cc2NC(=O)COc2ccc(C(C)C)cc2)CC1. The predicted molar refractivity (Wildman–Crippen MR) is 127 cm³/mol. The molecule has 0 atom stereocenters. The molecule has 1 heterocycles. The first-order valence-corrected chi connectivity index (χ1v) is 11.1. The Kier molecular flexibility index (Phi) is 8.11. The lowest BCUT2D eigenvalue weighted by Crippen LogP contribution is -2.46. The first-order valence-electron chi connectivity index (χ1n) is 11.1. The summed E-state index contributed by atoms with van der Waals surface area (Å²) in [6.45, 7) is 10.9. The first-order chi connectivity index (χ1) is 15.4. The Bertz CT molecular complexity index is 919. The lowest BCUT2D eigenvalue weighted by Gasteiger charge is -2.36. The number of esters is 1. The molecular weight excluding hydrogens is 406 g/mol. The molecule has 1 N–H and O–H groups in total. The van der Waals surface area contributed by atoms with Crippen molar-refractivity contribution < 1.29 is 19.1 Å². The van der Waals surface area contributed by atoms with Crippen LogP contribution in [0, 0.1) is 0 Å². The minimum Gasteiger partial charge on any atom is -0.484 e. The Morgan fingerprint density at radius 1 is 1.03 bits per heavy atom. The fourth-order valence-electron chi connectivity index (χ4n) is 3.75. The third kappa shape index (κ3) is 6.01. The summed E-state index contributed by atoms with van der Waals surface area (Å²) in [5.74, 6) is 0.355. The van der Waals surface area contributed by atoms with E-state index in [0.717, 1.165) is 38.4 Å². The fourth-order valence-corrected chi connectivity index (χ4v) is 3.75. The summed E-state index contributed by atoms with van der Waals surface area (Å²) in [4.78, 5) is 29.3. The number of anilines is 2. The van der Waals surface area contributed by atoms with Crippen LogP contribution in [0.4, 0.5) is 11.4 Å². The van der Waals surface area contributed by atoms with Crippen LogP contribution in [-0.2, 0) is 9.53 Å². The van der Waals surface area contributed by atoms with Crippen molar-refractivity contribution in [3.05, 3.63) is 53.6 Å². The minimum absolute atomic E-state index is 0.119. The van der Waals surface area contributed by atoms with Crippen LogP contribution in [-0.4, -0.2) is 63.2 Å². The molecule has 2 aromatic carbocycles.